The number of likely N-dealkylation sites (tertiary alicyclic amines) is 1. The van der Waals surface area contributed by atoms with Crippen LogP contribution in [0.1, 0.15) is 153 Å². The van der Waals surface area contributed by atoms with Gasteiger partial charge in [0.1, 0.15) is 23.1 Å². The Morgan fingerprint density at radius 2 is 1.03 bits per heavy atom. The summed E-state index contributed by atoms with van der Waals surface area (Å²) in [5.41, 5.74) is 0.178. The number of hydrogen-bond donors (Lipinski definition) is 3. The van der Waals surface area contributed by atoms with Gasteiger partial charge in [0.25, 0.3) is 11.8 Å². The normalized spacial score (nSPS) is 13.7. The van der Waals surface area contributed by atoms with Crippen molar-refractivity contribution in [3.8, 4) is 11.5 Å². The molecule has 432 valence electrons. The van der Waals surface area contributed by atoms with Crippen molar-refractivity contribution < 1.29 is 50.6 Å². The fourth-order valence-electron chi connectivity index (χ4n) is 8.47. The molecule has 0 spiro atoms. The van der Waals surface area contributed by atoms with Gasteiger partial charge in [-0.15, -0.1) is 0 Å². The van der Waals surface area contributed by atoms with E-state index in [1.807, 2.05) is 0 Å². The number of nitrogens with one attached hydrogen (secondary N) is 3. The second-order valence-corrected chi connectivity index (χ2v) is 19.4. The first-order valence-corrected chi connectivity index (χ1v) is 25.0. The molecule has 2 unspecified atom stereocenters. The van der Waals surface area contributed by atoms with Crippen LogP contribution in [0.5, 0.6) is 11.5 Å². The highest BCUT2D eigenvalue weighted by Crippen LogP contribution is 2.30. The second-order valence-electron chi connectivity index (χ2n) is 19.1. The number of H-pyrrole nitrogens is 1. The number of amides is 3. The topological polar surface area (TPSA) is 173 Å². The first kappa shape index (κ1) is 71.3. The van der Waals surface area contributed by atoms with E-state index in [0.29, 0.717) is 54.8 Å². The van der Waals surface area contributed by atoms with Crippen LogP contribution in [-0.4, -0.2) is 68.4 Å². The van der Waals surface area contributed by atoms with Crippen molar-refractivity contribution in [2.24, 2.45) is 23.7 Å². The van der Waals surface area contributed by atoms with Crippen molar-refractivity contribution in [3.05, 3.63) is 153 Å². The molecule has 2 fully saturated rings. The monoisotopic (exact) mass is 1120 g/mol. The molecule has 13 nitrogen and oxygen atoms in total. The molecule has 0 bridgehead atoms. The van der Waals surface area contributed by atoms with Crippen molar-refractivity contribution in [2.45, 2.75) is 148 Å². The maximum Gasteiger partial charge on any atom is 0.415 e. The summed E-state index contributed by atoms with van der Waals surface area (Å²) in [6.07, 6.45) is 12.7. The van der Waals surface area contributed by atoms with Gasteiger partial charge >= 0.3 is 11.5 Å². The zero-order chi connectivity index (χ0) is 54.5. The molecular formula is C59H82ClF5N6O7. The molecule has 1 saturated carbocycles. The molecule has 3 amide bonds. The van der Waals surface area contributed by atoms with E-state index in [4.69, 9.17) is 16.3 Å². The van der Waals surface area contributed by atoms with E-state index >= 15 is 0 Å². The second kappa shape index (κ2) is 35.7. The quantitative estimate of drug-likeness (QED) is 0.0624. The Labute approximate surface area is 463 Å². The van der Waals surface area contributed by atoms with Crippen molar-refractivity contribution in [2.75, 3.05) is 13.1 Å². The standard InChI is InChI=1S/C24H29F2N3O3.C18H26FNO.C7H5ClFNO2.C6H6FNO.4CH4/c1-15(2)14-20(28-23(30)18-4-6-19(25)7-5-18)17-9-12-29(13-10-17)24(31)32-21-8-11-27-22(26)16(21)3;1-13(2)12-17(14-6-4-3-5-7-14)20-18(21)15-8-10-16(19)11-9-15;1-4-5(12-7(8)11)2-3-10-6(4)9;1-4-5(9)2-3-8-6(4)7;;;;/h4-8,11,15,17,20H,9-10,12-14H2,1-3H3,(H,28,30);8-11,13-14,17H,3-7,12H2,1-2H3,(H,20,21);2-3H,1H3;2-3H,1H3,(H,8,9);4*1H4. The lowest BCUT2D eigenvalue weighted by Crippen LogP contribution is -2.47. The van der Waals surface area contributed by atoms with Gasteiger partial charge in [-0.2, -0.15) is 13.2 Å². The summed E-state index contributed by atoms with van der Waals surface area (Å²) in [6.45, 7) is 13.9. The Morgan fingerprint density at radius 1 is 0.615 bits per heavy atom. The number of benzene rings is 2. The predicted molar refractivity (Wildman–Crippen MR) is 300 cm³/mol. The maximum absolute atomic E-state index is 13.6. The van der Waals surface area contributed by atoms with Crippen LogP contribution in [0.3, 0.4) is 0 Å². The van der Waals surface area contributed by atoms with Gasteiger partial charge in [-0.05, 0) is 144 Å². The summed E-state index contributed by atoms with van der Waals surface area (Å²) in [5, 5.41) is 6.30. The molecule has 4 heterocycles. The summed E-state index contributed by atoms with van der Waals surface area (Å²) in [7, 11) is 0. The Hall–Kier alpha value is -6.69. The van der Waals surface area contributed by atoms with Gasteiger partial charge in [0.15, 0.2) is 11.4 Å². The van der Waals surface area contributed by atoms with Crippen LogP contribution < -0.4 is 25.5 Å². The first-order chi connectivity index (χ1) is 35.1. The number of rotatable bonds is 12. The van der Waals surface area contributed by atoms with Crippen LogP contribution in [-0.2, 0) is 0 Å². The van der Waals surface area contributed by atoms with E-state index in [1.54, 1.807) is 17.0 Å². The number of piperidine rings is 1. The first-order valence-electron chi connectivity index (χ1n) is 24.7. The zero-order valence-electron chi connectivity index (χ0n) is 42.8. The minimum absolute atomic E-state index is 0. The molecule has 2 aromatic carbocycles. The minimum atomic E-state index is -0.997. The number of aromatic nitrogens is 3. The van der Waals surface area contributed by atoms with Gasteiger partial charge in [0.2, 0.25) is 11.9 Å². The van der Waals surface area contributed by atoms with E-state index in [9.17, 15) is 45.9 Å². The Morgan fingerprint density at radius 3 is 1.41 bits per heavy atom. The van der Waals surface area contributed by atoms with Gasteiger partial charge in [0.05, 0.1) is 0 Å². The molecule has 3 aromatic heterocycles. The highest BCUT2D eigenvalue weighted by Gasteiger charge is 2.31. The van der Waals surface area contributed by atoms with Crippen LogP contribution in [0.15, 0.2) is 90.1 Å². The van der Waals surface area contributed by atoms with Gasteiger partial charge in [0, 0.05) is 89.2 Å². The van der Waals surface area contributed by atoms with Gasteiger partial charge in [-0.25, -0.2) is 28.3 Å². The molecule has 3 N–H and O–H groups in total. The lowest BCUT2D eigenvalue weighted by atomic mass is 9.81. The average molecular weight is 1120 g/mol. The number of ether oxygens (including phenoxy) is 2. The van der Waals surface area contributed by atoms with E-state index in [1.165, 1.54) is 126 Å². The molecule has 7 rings (SSSR count). The lowest BCUT2D eigenvalue weighted by Gasteiger charge is -2.36. The van der Waals surface area contributed by atoms with E-state index in [-0.39, 0.29) is 105 Å². The SMILES string of the molecule is C.C.C.C.CC(C)CC(NC(=O)c1ccc(F)cc1)C1CCCCC1.Cc1c(F)[nH]ccc1=O.Cc1c(OC(=O)Cl)ccnc1F.Cc1c(OC(=O)N2CCC(C(CC(C)C)NC(=O)c3ccc(F)cc3)CC2)ccnc1F. The van der Waals surface area contributed by atoms with Crippen molar-refractivity contribution in [1.82, 2.24) is 30.5 Å². The number of halogens is 6. The fraction of sp³-hybridized carbons (Fsp3) is 0.475. The molecule has 2 aliphatic rings. The van der Waals surface area contributed by atoms with Crippen LogP contribution in [0.2, 0.25) is 0 Å². The highest BCUT2D eigenvalue weighted by molar-refractivity contribution is 6.61. The Balaban J connectivity index is 0.00000111. The van der Waals surface area contributed by atoms with Crippen molar-refractivity contribution in [3.63, 3.8) is 0 Å². The van der Waals surface area contributed by atoms with Crippen molar-refractivity contribution in [1.29, 1.82) is 0 Å². The van der Waals surface area contributed by atoms with Gasteiger partial charge in [-0.1, -0.05) is 76.7 Å². The Kier molecular flexibility index (Phi) is 32.6. The van der Waals surface area contributed by atoms with Crippen molar-refractivity contribution >= 4 is 34.9 Å². The molecule has 1 aliphatic carbocycles. The largest absolute Gasteiger partial charge is 0.415 e. The number of pyridine rings is 3. The van der Waals surface area contributed by atoms with Crippen LogP contribution in [0.25, 0.3) is 0 Å². The third-order valence-corrected chi connectivity index (χ3v) is 12.7. The molecule has 1 saturated heterocycles. The molecule has 2 atom stereocenters. The smallest absolute Gasteiger partial charge is 0.414 e. The fourth-order valence-corrected chi connectivity index (χ4v) is 8.55. The average Bonchev–Trinajstić information content (AvgIpc) is 3.36. The zero-order valence-corrected chi connectivity index (χ0v) is 43.5. The summed E-state index contributed by atoms with van der Waals surface area (Å²) >= 11 is 4.93. The molecule has 5 aromatic rings. The summed E-state index contributed by atoms with van der Waals surface area (Å²) in [4.78, 5) is 69.2. The number of hydrogen-bond acceptors (Lipinski definition) is 9. The number of carbonyl (C=O) groups excluding carboxylic acids is 4. The minimum Gasteiger partial charge on any atom is -0.414 e. The number of carbonyl (C=O) groups is 4. The van der Waals surface area contributed by atoms with Gasteiger partial charge in [-0.3, -0.25) is 14.4 Å². The van der Waals surface area contributed by atoms with Crippen LogP contribution in [0, 0.1) is 73.9 Å². The maximum atomic E-state index is 13.6. The van der Waals surface area contributed by atoms with Crippen LogP contribution >= 0.6 is 11.6 Å². The number of aromatic amines is 1. The highest BCUT2D eigenvalue weighted by atomic mass is 35.5. The lowest BCUT2D eigenvalue weighted by molar-refractivity contribution is 0.0870. The summed E-state index contributed by atoms with van der Waals surface area (Å²) < 4.78 is 74.5. The molecular weight excluding hydrogens is 1040 g/mol. The molecule has 0 radical (unpaired) electrons. The molecule has 1 aliphatic heterocycles. The Bertz CT molecular complexity index is 2660. The summed E-state index contributed by atoms with van der Waals surface area (Å²) in [5.74, 6) is -0.921. The molecule has 19 heteroatoms. The van der Waals surface area contributed by atoms with E-state index < -0.39 is 29.4 Å². The van der Waals surface area contributed by atoms with Gasteiger partial charge < -0.3 is 30.0 Å². The third-order valence-electron chi connectivity index (χ3n) is 12.6. The van der Waals surface area contributed by atoms with Crippen LogP contribution in [0.4, 0.5) is 31.5 Å². The number of nitrogens with zero attached hydrogens (tertiary/aromatic N) is 3. The molecule has 78 heavy (non-hydrogen) atoms. The van der Waals surface area contributed by atoms with E-state index in [2.05, 4.69) is 58.0 Å². The third kappa shape index (κ3) is 23.5. The summed E-state index contributed by atoms with van der Waals surface area (Å²) in [6, 6.07) is 15.6. The predicted octanol–water partition coefficient (Wildman–Crippen LogP) is 14.9. The van der Waals surface area contributed by atoms with E-state index in [0.717, 1.165) is 12.8 Å².